The van der Waals surface area contributed by atoms with Crippen LogP contribution in [0, 0.1) is 11.8 Å². The molecule has 3 rings (SSSR count). The highest BCUT2D eigenvalue weighted by Gasteiger charge is 2.34. The highest BCUT2D eigenvalue weighted by molar-refractivity contribution is 9.10. The smallest absolute Gasteiger partial charge is 0.0513 e. The topological polar surface area (TPSA) is 15.3 Å². The van der Waals surface area contributed by atoms with Crippen molar-refractivity contribution in [3.63, 3.8) is 0 Å². The van der Waals surface area contributed by atoms with E-state index in [2.05, 4.69) is 58.2 Å². The Balaban J connectivity index is 1.64. The number of anilines is 1. The summed E-state index contributed by atoms with van der Waals surface area (Å²) in [4.78, 5) is 2.65. The van der Waals surface area contributed by atoms with Crippen molar-refractivity contribution in [3.05, 3.63) is 28.2 Å². The Labute approximate surface area is 137 Å². The van der Waals surface area contributed by atoms with Crippen molar-refractivity contribution < 1.29 is 0 Å². The first-order valence-corrected chi connectivity index (χ1v) is 9.18. The Morgan fingerprint density at radius 1 is 1.24 bits per heavy atom. The molecule has 3 heteroatoms. The van der Waals surface area contributed by atoms with E-state index in [0.717, 1.165) is 25.0 Å². The van der Waals surface area contributed by atoms with E-state index >= 15 is 0 Å². The van der Waals surface area contributed by atoms with E-state index in [4.69, 9.17) is 0 Å². The van der Waals surface area contributed by atoms with Crippen LogP contribution < -0.4 is 10.2 Å². The Morgan fingerprint density at radius 2 is 2.00 bits per heavy atom. The van der Waals surface area contributed by atoms with E-state index in [1.165, 1.54) is 48.0 Å². The molecule has 0 radical (unpaired) electrons. The molecule has 2 saturated carbocycles. The van der Waals surface area contributed by atoms with Gasteiger partial charge < -0.3 is 10.2 Å². The second kappa shape index (κ2) is 6.70. The zero-order chi connectivity index (χ0) is 14.8. The molecular weight excluding hydrogens is 324 g/mol. The van der Waals surface area contributed by atoms with E-state index in [9.17, 15) is 0 Å². The molecule has 1 aromatic rings. The maximum Gasteiger partial charge on any atom is 0.0513 e. The van der Waals surface area contributed by atoms with Crippen LogP contribution in [0.4, 0.5) is 5.69 Å². The second-order valence-electron chi connectivity index (χ2n) is 7.14. The maximum atomic E-state index is 3.81. The molecule has 2 fully saturated rings. The minimum absolute atomic E-state index is 0.705. The average Bonchev–Trinajstić information content (AvgIpc) is 3.30. The van der Waals surface area contributed by atoms with Crippen LogP contribution in [-0.4, -0.2) is 19.1 Å². The molecule has 1 N–H and O–H groups in total. The Hall–Kier alpha value is -0.540. The number of benzene rings is 1. The van der Waals surface area contributed by atoms with Crippen LogP contribution in [0.25, 0.3) is 0 Å². The number of rotatable bonds is 8. The standard InChI is InChI=1S/C18H27BrN2/c1-13(2)10-20-11-15-5-8-18(17(19)9-15)21(16-6-7-16)12-14-3-4-14/h5,8-9,13-14,16,20H,3-4,6-7,10-12H2,1-2H3. The molecule has 1 aromatic carbocycles. The molecule has 2 aliphatic carbocycles. The third-order valence-corrected chi connectivity index (χ3v) is 4.98. The fourth-order valence-corrected chi connectivity index (χ4v) is 3.46. The molecule has 0 atom stereocenters. The summed E-state index contributed by atoms with van der Waals surface area (Å²) in [6.45, 7) is 7.79. The van der Waals surface area contributed by atoms with Gasteiger partial charge in [0.05, 0.1) is 5.69 Å². The summed E-state index contributed by atoms with van der Waals surface area (Å²) in [5.41, 5.74) is 2.77. The molecule has 0 unspecified atom stereocenters. The first kappa shape index (κ1) is 15.4. The largest absolute Gasteiger partial charge is 0.367 e. The van der Waals surface area contributed by atoms with Crippen LogP contribution in [0.3, 0.4) is 0 Å². The number of hydrogen-bond acceptors (Lipinski definition) is 2. The van der Waals surface area contributed by atoms with Gasteiger partial charge in [0.2, 0.25) is 0 Å². The molecule has 0 saturated heterocycles. The Bertz CT molecular complexity index is 478. The third kappa shape index (κ3) is 4.46. The lowest BCUT2D eigenvalue weighted by molar-refractivity contribution is 0.552. The summed E-state index contributed by atoms with van der Waals surface area (Å²) in [6, 6.07) is 7.70. The van der Waals surface area contributed by atoms with Gasteiger partial charge in [-0.2, -0.15) is 0 Å². The molecule has 21 heavy (non-hydrogen) atoms. The van der Waals surface area contributed by atoms with Crippen molar-refractivity contribution in [2.24, 2.45) is 11.8 Å². The minimum atomic E-state index is 0.705. The summed E-state index contributed by atoms with van der Waals surface area (Å²) >= 11 is 3.81. The van der Waals surface area contributed by atoms with Gasteiger partial charge in [-0.15, -0.1) is 0 Å². The minimum Gasteiger partial charge on any atom is -0.367 e. The van der Waals surface area contributed by atoms with E-state index < -0.39 is 0 Å². The van der Waals surface area contributed by atoms with Crippen molar-refractivity contribution in [3.8, 4) is 0 Å². The second-order valence-corrected chi connectivity index (χ2v) is 7.99. The molecule has 2 aliphatic rings. The number of halogens is 1. The Morgan fingerprint density at radius 3 is 2.57 bits per heavy atom. The molecular formula is C18H27BrN2. The molecule has 116 valence electrons. The van der Waals surface area contributed by atoms with Gasteiger partial charge in [0, 0.05) is 23.6 Å². The number of nitrogens with one attached hydrogen (secondary N) is 1. The summed E-state index contributed by atoms with van der Waals surface area (Å²) in [7, 11) is 0. The first-order chi connectivity index (χ1) is 10.1. The fourth-order valence-electron chi connectivity index (χ4n) is 2.81. The number of hydrogen-bond donors (Lipinski definition) is 1. The van der Waals surface area contributed by atoms with Crippen LogP contribution in [-0.2, 0) is 6.54 Å². The van der Waals surface area contributed by atoms with Crippen molar-refractivity contribution in [2.75, 3.05) is 18.0 Å². The van der Waals surface area contributed by atoms with Crippen LogP contribution in [0.2, 0.25) is 0 Å². The van der Waals surface area contributed by atoms with Crippen LogP contribution >= 0.6 is 15.9 Å². The monoisotopic (exact) mass is 350 g/mol. The molecule has 0 amide bonds. The summed E-state index contributed by atoms with van der Waals surface area (Å²) in [6.07, 6.45) is 5.60. The SMILES string of the molecule is CC(C)CNCc1ccc(N(CC2CC2)C2CC2)c(Br)c1. The van der Waals surface area contributed by atoms with E-state index in [-0.39, 0.29) is 0 Å². The highest BCUT2D eigenvalue weighted by atomic mass is 79.9. The van der Waals surface area contributed by atoms with Crippen molar-refractivity contribution >= 4 is 21.6 Å². The molecule has 0 bridgehead atoms. The van der Waals surface area contributed by atoms with Crippen LogP contribution in [0.15, 0.2) is 22.7 Å². The summed E-state index contributed by atoms with van der Waals surface area (Å²) in [5, 5.41) is 3.52. The molecule has 0 aliphatic heterocycles. The van der Waals surface area contributed by atoms with Crippen LogP contribution in [0.1, 0.15) is 45.1 Å². The molecule has 0 spiro atoms. The van der Waals surface area contributed by atoms with E-state index in [1.807, 2.05) is 0 Å². The van der Waals surface area contributed by atoms with E-state index in [1.54, 1.807) is 0 Å². The van der Waals surface area contributed by atoms with Gasteiger partial charge in [0.1, 0.15) is 0 Å². The lowest BCUT2D eigenvalue weighted by atomic mass is 10.1. The number of nitrogens with zero attached hydrogens (tertiary/aromatic N) is 1. The highest BCUT2D eigenvalue weighted by Crippen LogP contribution is 2.40. The van der Waals surface area contributed by atoms with Gasteiger partial charge in [-0.25, -0.2) is 0 Å². The first-order valence-electron chi connectivity index (χ1n) is 8.39. The van der Waals surface area contributed by atoms with Gasteiger partial charge in [0.25, 0.3) is 0 Å². The predicted octanol–water partition coefficient (Wildman–Crippen LogP) is 4.57. The van der Waals surface area contributed by atoms with E-state index in [0.29, 0.717) is 5.92 Å². The van der Waals surface area contributed by atoms with Crippen molar-refractivity contribution in [2.45, 2.75) is 52.1 Å². The average molecular weight is 351 g/mol. The lowest BCUT2D eigenvalue weighted by Gasteiger charge is -2.26. The summed E-state index contributed by atoms with van der Waals surface area (Å²) < 4.78 is 1.26. The van der Waals surface area contributed by atoms with Gasteiger partial charge >= 0.3 is 0 Å². The fraction of sp³-hybridized carbons (Fsp3) is 0.667. The third-order valence-electron chi connectivity index (χ3n) is 4.34. The van der Waals surface area contributed by atoms with Gasteiger partial charge in [0.15, 0.2) is 0 Å². The molecule has 2 nitrogen and oxygen atoms in total. The molecule has 0 aromatic heterocycles. The van der Waals surface area contributed by atoms with Gasteiger partial charge in [-0.1, -0.05) is 19.9 Å². The predicted molar refractivity (Wildman–Crippen MR) is 93.8 cm³/mol. The van der Waals surface area contributed by atoms with Crippen molar-refractivity contribution in [1.29, 1.82) is 0 Å². The van der Waals surface area contributed by atoms with Crippen LogP contribution in [0.5, 0.6) is 0 Å². The zero-order valence-corrected chi connectivity index (χ0v) is 14.8. The normalized spacial score (nSPS) is 18.3. The quantitative estimate of drug-likeness (QED) is 0.738. The lowest BCUT2D eigenvalue weighted by Crippen LogP contribution is -2.28. The maximum absolute atomic E-state index is 3.81. The van der Waals surface area contributed by atoms with Crippen molar-refractivity contribution in [1.82, 2.24) is 5.32 Å². The van der Waals surface area contributed by atoms with Gasteiger partial charge in [-0.05, 0) is 77.7 Å². The zero-order valence-electron chi connectivity index (χ0n) is 13.2. The Kier molecular flexibility index (Phi) is 4.90. The van der Waals surface area contributed by atoms with Gasteiger partial charge in [-0.3, -0.25) is 0 Å². The summed E-state index contributed by atoms with van der Waals surface area (Å²) in [5.74, 6) is 1.65. The molecule has 0 heterocycles.